The Bertz CT molecular complexity index is 319. The van der Waals surface area contributed by atoms with E-state index in [1.807, 2.05) is 0 Å². The summed E-state index contributed by atoms with van der Waals surface area (Å²) in [4.78, 5) is 0. The normalized spacial score (nSPS) is 23.9. The highest BCUT2D eigenvalue weighted by molar-refractivity contribution is 7.88. The Balaban J connectivity index is 2.28. The lowest BCUT2D eigenvalue weighted by molar-refractivity contribution is 0.359. The van der Waals surface area contributed by atoms with Crippen LogP contribution in [0.2, 0.25) is 0 Å². The van der Waals surface area contributed by atoms with Gasteiger partial charge in [-0.1, -0.05) is 20.8 Å². The van der Waals surface area contributed by atoms with Crippen molar-refractivity contribution in [2.75, 3.05) is 32.4 Å². The molecule has 1 N–H and O–H groups in total. The predicted octanol–water partition coefficient (Wildman–Crippen LogP) is 0.904. The van der Waals surface area contributed by atoms with E-state index in [-0.39, 0.29) is 5.41 Å². The zero-order valence-corrected chi connectivity index (χ0v) is 11.6. The number of nitrogens with one attached hydrogen (secondary N) is 1. The molecule has 4 nitrogen and oxygen atoms in total. The summed E-state index contributed by atoms with van der Waals surface area (Å²) in [5.74, 6) is 0.470. The molecular formula is C11H24N2O2S. The van der Waals surface area contributed by atoms with Gasteiger partial charge < -0.3 is 5.32 Å². The molecule has 0 aromatic heterocycles. The van der Waals surface area contributed by atoms with Crippen molar-refractivity contribution >= 4 is 10.0 Å². The lowest BCUT2D eigenvalue weighted by atomic mass is 9.96. The molecule has 1 fully saturated rings. The summed E-state index contributed by atoms with van der Waals surface area (Å²) in [6.45, 7) is 9.83. The van der Waals surface area contributed by atoms with Gasteiger partial charge in [-0.15, -0.1) is 0 Å². The van der Waals surface area contributed by atoms with Crippen molar-refractivity contribution < 1.29 is 8.42 Å². The van der Waals surface area contributed by atoms with Gasteiger partial charge >= 0.3 is 0 Å². The number of hydrogen-bond acceptors (Lipinski definition) is 3. The van der Waals surface area contributed by atoms with E-state index in [2.05, 4.69) is 26.1 Å². The number of nitrogens with zero attached hydrogens (tertiary/aromatic N) is 1. The zero-order valence-electron chi connectivity index (χ0n) is 10.8. The highest BCUT2D eigenvalue weighted by Crippen LogP contribution is 2.18. The summed E-state index contributed by atoms with van der Waals surface area (Å²) in [7, 11) is -2.98. The summed E-state index contributed by atoms with van der Waals surface area (Å²) >= 11 is 0. The van der Waals surface area contributed by atoms with Gasteiger partial charge in [-0.3, -0.25) is 0 Å². The summed E-state index contributed by atoms with van der Waals surface area (Å²) in [6, 6.07) is 0. The van der Waals surface area contributed by atoms with Crippen molar-refractivity contribution in [1.82, 2.24) is 9.62 Å². The molecule has 0 saturated carbocycles. The molecule has 0 aromatic rings. The van der Waals surface area contributed by atoms with E-state index in [0.29, 0.717) is 19.0 Å². The maximum Gasteiger partial charge on any atom is 0.211 e. The second kappa shape index (κ2) is 5.02. The second-order valence-corrected chi connectivity index (χ2v) is 7.95. The van der Waals surface area contributed by atoms with Crippen LogP contribution in [0.3, 0.4) is 0 Å². The van der Waals surface area contributed by atoms with E-state index in [1.54, 1.807) is 4.31 Å². The van der Waals surface area contributed by atoms with Gasteiger partial charge in [0.15, 0.2) is 0 Å². The molecular weight excluding hydrogens is 224 g/mol. The van der Waals surface area contributed by atoms with Crippen molar-refractivity contribution in [2.45, 2.75) is 27.2 Å². The predicted molar refractivity (Wildman–Crippen MR) is 66.8 cm³/mol. The molecule has 0 aromatic carbocycles. The minimum absolute atomic E-state index is 0.287. The molecule has 0 bridgehead atoms. The molecule has 0 amide bonds. The third-order valence-electron chi connectivity index (χ3n) is 2.81. The van der Waals surface area contributed by atoms with Crippen molar-refractivity contribution in [2.24, 2.45) is 11.3 Å². The average molecular weight is 248 g/mol. The van der Waals surface area contributed by atoms with E-state index in [9.17, 15) is 8.42 Å². The van der Waals surface area contributed by atoms with Crippen LogP contribution < -0.4 is 5.32 Å². The number of hydrogen-bond donors (Lipinski definition) is 1. The summed E-state index contributed by atoms with van der Waals surface area (Å²) in [5.41, 5.74) is 0.287. The first-order valence-electron chi connectivity index (χ1n) is 5.84. The van der Waals surface area contributed by atoms with Gasteiger partial charge in [-0.2, -0.15) is 0 Å². The Morgan fingerprint density at radius 1 is 1.38 bits per heavy atom. The number of sulfonamides is 1. The lowest BCUT2D eigenvalue weighted by Gasteiger charge is -2.20. The van der Waals surface area contributed by atoms with Gasteiger partial charge in [0.25, 0.3) is 0 Å². The highest BCUT2D eigenvalue weighted by Gasteiger charge is 2.28. The topological polar surface area (TPSA) is 49.4 Å². The summed E-state index contributed by atoms with van der Waals surface area (Å²) in [5, 5.41) is 3.42. The highest BCUT2D eigenvalue weighted by atomic mass is 32.2. The summed E-state index contributed by atoms with van der Waals surface area (Å²) < 4.78 is 24.2. The maximum atomic E-state index is 11.3. The van der Waals surface area contributed by atoms with Crippen LogP contribution in [0.5, 0.6) is 0 Å². The maximum absolute atomic E-state index is 11.3. The quantitative estimate of drug-likeness (QED) is 0.804. The van der Waals surface area contributed by atoms with E-state index >= 15 is 0 Å². The third-order valence-corrected chi connectivity index (χ3v) is 4.08. The average Bonchev–Trinajstić information content (AvgIpc) is 2.49. The van der Waals surface area contributed by atoms with Crippen LogP contribution >= 0.6 is 0 Å². The van der Waals surface area contributed by atoms with Crippen LogP contribution in [-0.2, 0) is 10.0 Å². The van der Waals surface area contributed by atoms with Crippen LogP contribution in [0.4, 0.5) is 0 Å². The molecule has 1 rings (SSSR count). The Kier molecular flexibility index (Phi) is 4.37. The van der Waals surface area contributed by atoms with Crippen molar-refractivity contribution in [3.8, 4) is 0 Å². The zero-order chi connectivity index (χ0) is 12.4. The minimum Gasteiger partial charge on any atom is -0.316 e. The molecule has 1 aliphatic rings. The van der Waals surface area contributed by atoms with Crippen molar-refractivity contribution in [1.29, 1.82) is 0 Å². The first-order chi connectivity index (χ1) is 7.18. The van der Waals surface area contributed by atoms with Gasteiger partial charge in [0, 0.05) is 19.6 Å². The van der Waals surface area contributed by atoms with Crippen molar-refractivity contribution in [3.05, 3.63) is 0 Å². The molecule has 1 saturated heterocycles. The first-order valence-corrected chi connectivity index (χ1v) is 7.69. The molecule has 1 unspecified atom stereocenters. The molecule has 1 atom stereocenters. The monoisotopic (exact) mass is 248 g/mol. The van der Waals surface area contributed by atoms with Crippen LogP contribution in [0, 0.1) is 11.3 Å². The van der Waals surface area contributed by atoms with Gasteiger partial charge in [-0.05, 0) is 24.3 Å². The molecule has 0 radical (unpaired) electrons. The molecule has 0 spiro atoms. The molecule has 16 heavy (non-hydrogen) atoms. The minimum atomic E-state index is -2.98. The Morgan fingerprint density at radius 2 is 2.00 bits per heavy atom. The Hall–Kier alpha value is -0.130. The van der Waals surface area contributed by atoms with Crippen LogP contribution in [0.1, 0.15) is 27.2 Å². The molecule has 5 heteroatoms. The number of rotatable bonds is 4. The van der Waals surface area contributed by atoms with Gasteiger partial charge in [0.1, 0.15) is 0 Å². The van der Waals surface area contributed by atoms with E-state index in [4.69, 9.17) is 0 Å². The van der Waals surface area contributed by atoms with Crippen LogP contribution in [0.15, 0.2) is 0 Å². The van der Waals surface area contributed by atoms with Crippen LogP contribution in [-0.4, -0.2) is 45.2 Å². The Labute approximate surface area is 99.5 Å². The van der Waals surface area contributed by atoms with E-state index in [1.165, 1.54) is 6.26 Å². The fourth-order valence-electron chi connectivity index (χ4n) is 1.92. The SMILES string of the molecule is CC(C)(C)CNCC1CCN(S(C)(=O)=O)C1. The van der Waals surface area contributed by atoms with Crippen molar-refractivity contribution in [3.63, 3.8) is 0 Å². The molecule has 0 aliphatic carbocycles. The molecule has 96 valence electrons. The molecule has 1 heterocycles. The fourth-order valence-corrected chi connectivity index (χ4v) is 2.83. The van der Waals surface area contributed by atoms with E-state index < -0.39 is 10.0 Å². The Morgan fingerprint density at radius 3 is 2.44 bits per heavy atom. The second-order valence-electron chi connectivity index (χ2n) is 5.97. The fraction of sp³-hybridized carbons (Fsp3) is 1.00. The van der Waals surface area contributed by atoms with Gasteiger partial charge in [0.05, 0.1) is 6.26 Å². The first kappa shape index (κ1) is 13.9. The summed E-state index contributed by atoms with van der Waals surface area (Å²) in [6.07, 6.45) is 2.27. The van der Waals surface area contributed by atoms with Gasteiger partial charge in [-0.25, -0.2) is 12.7 Å². The van der Waals surface area contributed by atoms with Gasteiger partial charge in [0.2, 0.25) is 10.0 Å². The smallest absolute Gasteiger partial charge is 0.211 e. The largest absolute Gasteiger partial charge is 0.316 e. The van der Waals surface area contributed by atoms with Crippen LogP contribution in [0.25, 0.3) is 0 Å². The molecule has 1 aliphatic heterocycles. The van der Waals surface area contributed by atoms with E-state index in [0.717, 1.165) is 19.5 Å². The third kappa shape index (κ3) is 4.80. The standard InChI is InChI=1S/C11H24N2O2S/c1-11(2,3)9-12-7-10-5-6-13(8-10)16(4,14)15/h10,12H,5-9H2,1-4H3. The lowest BCUT2D eigenvalue weighted by Crippen LogP contribution is -2.33.